The Morgan fingerprint density at radius 1 is 1.41 bits per heavy atom. The van der Waals surface area contributed by atoms with Crippen molar-refractivity contribution in [2.24, 2.45) is 17.8 Å². The minimum Gasteiger partial charge on any atom is -0.481 e. The topological polar surface area (TPSA) is 57.6 Å². The van der Waals surface area contributed by atoms with Gasteiger partial charge in [-0.2, -0.15) is 0 Å². The zero-order valence-electron chi connectivity index (χ0n) is 13.0. The van der Waals surface area contributed by atoms with Crippen molar-refractivity contribution in [3.8, 4) is 0 Å². The number of likely N-dealkylation sites (tertiary alicyclic amines) is 1. The molecule has 1 heterocycles. The van der Waals surface area contributed by atoms with Crippen molar-refractivity contribution in [2.45, 2.75) is 26.7 Å². The van der Waals surface area contributed by atoms with Gasteiger partial charge in [-0.05, 0) is 36.5 Å². The smallest absolute Gasteiger partial charge is 0.308 e. The molecule has 3 unspecified atom stereocenters. The standard InChI is InChI=1S/C17H22ClNO3/c1-11-6-14(17(21)22)10-19(9-11)16(20)12(2)7-13-4-3-5-15(18)8-13/h3-5,8,11-12,14H,6-7,9-10H2,1-2H3,(H,21,22). The van der Waals surface area contributed by atoms with Gasteiger partial charge in [-0.1, -0.05) is 37.6 Å². The van der Waals surface area contributed by atoms with Crippen molar-refractivity contribution < 1.29 is 14.7 Å². The van der Waals surface area contributed by atoms with Crippen LogP contribution in [0.5, 0.6) is 0 Å². The van der Waals surface area contributed by atoms with Crippen molar-refractivity contribution in [3.63, 3.8) is 0 Å². The molecule has 1 aromatic rings. The normalized spacial score (nSPS) is 23.1. The number of aliphatic carboxylic acids is 1. The third-order valence-corrected chi connectivity index (χ3v) is 4.41. The summed E-state index contributed by atoms with van der Waals surface area (Å²) in [6.45, 7) is 4.84. The summed E-state index contributed by atoms with van der Waals surface area (Å²) in [5.74, 6) is -1.20. The summed E-state index contributed by atoms with van der Waals surface area (Å²) in [5.41, 5.74) is 1.02. The molecule has 1 saturated heterocycles. The Morgan fingerprint density at radius 3 is 2.77 bits per heavy atom. The van der Waals surface area contributed by atoms with E-state index < -0.39 is 11.9 Å². The van der Waals surface area contributed by atoms with E-state index in [0.29, 0.717) is 31.0 Å². The number of amides is 1. The molecule has 1 amide bonds. The fourth-order valence-electron chi connectivity index (χ4n) is 3.13. The summed E-state index contributed by atoms with van der Waals surface area (Å²) >= 11 is 5.97. The van der Waals surface area contributed by atoms with Crippen LogP contribution in [-0.2, 0) is 16.0 Å². The van der Waals surface area contributed by atoms with E-state index in [1.165, 1.54) is 0 Å². The highest BCUT2D eigenvalue weighted by Crippen LogP contribution is 2.24. The van der Waals surface area contributed by atoms with E-state index >= 15 is 0 Å². The monoisotopic (exact) mass is 323 g/mol. The van der Waals surface area contributed by atoms with Gasteiger partial charge in [-0.3, -0.25) is 9.59 Å². The molecule has 1 aliphatic rings. The van der Waals surface area contributed by atoms with Crippen LogP contribution in [0.4, 0.5) is 0 Å². The van der Waals surface area contributed by atoms with E-state index in [1.807, 2.05) is 32.0 Å². The van der Waals surface area contributed by atoms with E-state index in [0.717, 1.165) is 5.56 Å². The van der Waals surface area contributed by atoms with Gasteiger partial charge in [0.15, 0.2) is 0 Å². The molecular weight excluding hydrogens is 302 g/mol. The van der Waals surface area contributed by atoms with Crippen LogP contribution < -0.4 is 0 Å². The van der Waals surface area contributed by atoms with Gasteiger partial charge in [-0.25, -0.2) is 0 Å². The van der Waals surface area contributed by atoms with Crippen molar-refractivity contribution in [1.82, 2.24) is 4.90 Å². The largest absolute Gasteiger partial charge is 0.481 e. The molecule has 1 aliphatic heterocycles. The van der Waals surface area contributed by atoms with E-state index in [-0.39, 0.29) is 17.7 Å². The van der Waals surface area contributed by atoms with Gasteiger partial charge in [0.05, 0.1) is 5.92 Å². The Morgan fingerprint density at radius 2 is 2.14 bits per heavy atom. The summed E-state index contributed by atoms with van der Waals surface area (Å²) in [7, 11) is 0. The molecule has 0 aliphatic carbocycles. The lowest BCUT2D eigenvalue weighted by Crippen LogP contribution is -2.47. The number of hydrogen-bond donors (Lipinski definition) is 1. The minimum absolute atomic E-state index is 0.0257. The summed E-state index contributed by atoms with van der Waals surface area (Å²) < 4.78 is 0. The molecule has 1 fully saturated rings. The van der Waals surface area contributed by atoms with Crippen LogP contribution >= 0.6 is 11.6 Å². The van der Waals surface area contributed by atoms with Crippen LogP contribution in [0.3, 0.4) is 0 Å². The number of carboxylic acid groups (broad SMARTS) is 1. The molecule has 1 aromatic carbocycles. The molecule has 0 radical (unpaired) electrons. The third kappa shape index (κ3) is 4.23. The minimum atomic E-state index is -0.813. The SMILES string of the molecule is CC1CC(C(=O)O)CN(C(=O)C(C)Cc2cccc(Cl)c2)C1. The number of rotatable bonds is 4. The molecule has 22 heavy (non-hydrogen) atoms. The Balaban J connectivity index is 2.01. The Labute approximate surface area is 136 Å². The Kier molecular flexibility index (Phi) is 5.46. The summed E-state index contributed by atoms with van der Waals surface area (Å²) in [6.07, 6.45) is 1.25. The summed E-state index contributed by atoms with van der Waals surface area (Å²) in [5, 5.41) is 9.87. The quantitative estimate of drug-likeness (QED) is 0.926. The van der Waals surface area contributed by atoms with Gasteiger partial charge >= 0.3 is 5.97 Å². The number of nitrogens with zero attached hydrogens (tertiary/aromatic N) is 1. The Bertz CT molecular complexity index is 561. The van der Waals surface area contributed by atoms with Crippen LogP contribution in [0.2, 0.25) is 5.02 Å². The van der Waals surface area contributed by atoms with Gasteiger partial charge in [0, 0.05) is 24.0 Å². The van der Waals surface area contributed by atoms with Crippen LogP contribution in [0.1, 0.15) is 25.8 Å². The van der Waals surface area contributed by atoms with Gasteiger partial charge in [0.25, 0.3) is 0 Å². The predicted octanol–water partition coefficient (Wildman–Crippen LogP) is 3.09. The van der Waals surface area contributed by atoms with Gasteiger partial charge in [0.1, 0.15) is 0 Å². The lowest BCUT2D eigenvalue weighted by atomic mass is 9.89. The highest BCUT2D eigenvalue weighted by Gasteiger charge is 2.33. The summed E-state index contributed by atoms with van der Waals surface area (Å²) in [6, 6.07) is 7.50. The molecule has 2 rings (SSSR count). The molecular formula is C17H22ClNO3. The van der Waals surface area contributed by atoms with Crippen LogP contribution in [0.25, 0.3) is 0 Å². The molecule has 0 spiro atoms. The molecule has 5 heteroatoms. The number of benzene rings is 1. The second kappa shape index (κ2) is 7.14. The fourth-order valence-corrected chi connectivity index (χ4v) is 3.34. The van der Waals surface area contributed by atoms with Crippen LogP contribution in [0, 0.1) is 17.8 Å². The lowest BCUT2D eigenvalue weighted by molar-refractivity contribution is -0.148. The van der Waals surface area contributed by atoms with Gasteiger partial charge < -0.3 is 10.0 Å². The first-order valence-corrected chi connectivity index (χ1v) is 8.00. The van der Waals surface area contributed by atoms with E-state index in [1.54, 1.807) is 11.0 Å². The predicted molar refractivity (Wildman–Crippen MR) is 85.8 cm³/mol. The fraction of sp³-hybridized carbons (Fsp3) is 0.529. The van der Waals surface area contributed by atoms with Crippen LogP contribution in [0.15, 0.2) is 24.3 Å². The highest BCUT2D eigenvalue weighted by atomic mass is 35.5. The zero-order valence-corrected chi connectivity index (χ0v) is 13.7. The Hall–Kier alpha value is -1.55. The van der Waals surface area contributed by atoms with E-state index in [4.69, 9.17) is 11.6 Å². The molecule has 3 atom stereocenters. The third-order valence-electron chi connectivity index (χ3n) is 4.17. The number of halogens is 1. The first kappa shape index (κ1) is 16.8. The van der Waals surface area contributed by atoms with Crippen LogP contribution in [-0.4, -0.2) is 35.0 Å². The molecule has 1 N–H and O–H groups in total. The number of piperidine rings is 1. The maximum absolute atomic E-state index is 12.6. The van der Waals surface area contributed by atoms with Crippen molar-refractivity contribution in [2.75, 3.05) is 13.1 Å². The first-order valence-electron chi connectivity index (χ1n) is 7.63. The van der Waals surface area contributed by atoms with Gasteiger partial charge in [0.2, 0.25) is 5.91 Å². The average molecular weight is 324 g/mol. The van der Waals surface area contributed by atoms with Gasteiger partial charge in [-0.15, -0.1) is 0 Å². The van der Waals surface area contributed by atoms with Crippen molar-refractivity contribution in [3.05, 3.63) is 34.9 Å². The maximum atomic E-state index is 12.6. The van der Waals surface area contributed by atoms with Crippen molar-refractivity contribution >= 4 is 23.5 Å². The average Bonchev–Trinajstić information content (AvgIpc) is 2.45. The highest BCUT2D eigenvalue weighted by molar-refractivity contribution is 6.30. The van der Waals surface area contributed by atoms with E-state index in [9.17, 15) is 14.7 Å². The second-order valence-electron chi connectivity index (χ2n) is 6.35. The number of hydrogen-bond acceptors (Lipinski definition) is 2. The number of carbonyl (C=O) groups is 2. The molecule has 120 valence electrons. The van der Waals surface area contributed by atoms with E-state index in [2.05, 4.69) is 0 Å². The summed E-state index contributed by atoms with van der Waals surface area (Å²) in [4.78, 5) is 25.5. The van der Waals surface area contributed by atoms with Crippen molar-refractivity contribution in [1.29, 1.82) is 0 Å². The molecule has 4 nitrogen and oxygen atoms in total. The number of carbonyl (C=O) groups excluding carboxylic acids is 1. The lowest BCUT2D eigenvalue weighted by Gasteiger charge is -2.36. The zero-order chi connectivity index (χ0) is 16.3. The number of carboxylic acids is 1. The second-order valence-corrected chi connectivity index (χ2v) is 6.79. The molecule has 0 bridgehead atoms. The molecule has 0 aromatic heterocycles. The maximum Gasteiger partial charge on any atom is 0.308 e. The molecule has 0 saturated carbocycles. The first-order chi connectivity index (χ1) is 10.4.